The number of fused-ring (bicyclic) bond motifs is 1. The fraction of sp³-hybridized carbons (Fsp3) is 0.375. The van der Waals surface area contributed by atoms with Crippen molar-refractivity contribution < 1.29 is 0 Å². The molecule has 0 spiro atoms. The Morgan fingerprint density at radius 3 is 2.44 bits per heavy atom. The van der Waals surface area contributed by atoms with Crippen molar-refractivity contribution >= 4 is 22.5 Å². The molecular formula is C16H21NS. The van der Waals surface area contributed by atoms with Crippen LogP contribution in [0.3, 0.4) is 0 Å². The number of rotatable bonds is 5. The molecule has 0 aliphatic heterocycles. The standard InChI is InChI=1S/C16H21NS/c1-12(2)18-11-16(17-3)15-9-8-13-6-4-5-7-14(13)10-15/h4-10,12,16-17H,11H2,1-3H3. The Hall–Kier alpha value is -0.990. The summed E-state index contributed by atoms with van der Waals surface area (Å²) in [6.07, 6.45) is 0. The molecule has 1 unspecified atom stereocenters. The predicted octanol–water partition coefficient (Wildman–Crippen LogP) is 4.24. The van der Waals surface area contributed by atoms with Crippen molar-refractivity contribution in [1.82, 2.24) is 5.32 Å². The molecular weight excluding hydrogens is 238 g/mol. The van der Waals surface area contributed by atoms with E-state index in [1.807, 2.05) is 18.8 Å². The van der Waals surface area contributed by atoms with Crippen LogP contribution >= 0.6 is 11.8 Å². The summed E-state index contributed by atoms with van der Waals surface area (Å²) in [4.78, 5) is 0. The summed E-state index contributed by atoms with van der Waals surface area (Å²) in [6.45, 7) is 4.50. The Kier molecular flexibility index (Phi) is 4.67. The highest BCUT2D eigenvalue weighted by Gasteiger charge is 2.10. The number of benzene rings is 2. The quantitative estimate of drug-likeness (QED) is 0.862. The van der Waals surface area contributed by atoms with Crippen molar-refractivity contribution in [3.05, 3.63) is 48.0 Å². The number of thioether (sulfide) groups is 1. The largest absolute Gasteiger partial charge is 0.312 e. The summed E-state index contributed by atoms with van der Waals surface area (Å²) in [6, 6.07) is 15.7. The Bertz CT molecular complexity index is 507. The second-order valence-corrected chi connectivity index (χ2v) is 6.44. The smallest absolute Gasteiger partial charge is 0.0409 e. The van der Waals surface area contributed by atoms with Gasteiger partial charge in [0.05, 0.1) is 0 Å². The van der Waals surface area contributed by atoms with E-state index in [0.29, 0.717) is 11.3 Å². The van der Waals surface area contributed by atoms with Crippen LogP contribution in [0.1, 0.15) is 25.5 Å². The molecule has 0 aromatic heterocycles. The Morgan fingerprint density at radius 1 is 1.06 bits per heavy atom. The molecule has 2 aromatic rings. The maximum Gasteiger partial charge on any atom is 0.0409 e. The monoisotopic (exact) mass is 259 g/mol. The van der Waals surface area contributed by atoms with E-state index < -0.39 is 0 Å². The van der Waals surface area contributed by atoms with E-state index in [9.17, 15) is 0 Å². The number of hydrogen-bond acceptors (Lipinski definition) is 2. The SMILES string of the molecule is CNC(CSC(C)C)c1ccc2ccccc2c1. The lowest BCUT2D eigenvalue weighted by Gasteiger charge is -2.18. The second-order valence-electron chi connectivity index (χ2n) is 4.83. The molecule has 0 radical (unpaired) electrons. The van der Waals surface area contributed by atoms with E-state index in [-0.39, 0.29) is 0 Å². The van der Waals surface area contributed by atoms with Crippen molar-refractivity contribution in [2.75, 3.05) is 12.8 Å². The van der Waals surface area contributed by atoms with Crippen molar-refractivity contribution in [1.29, 1.82) is 0 Å². The van der Waals surface area contributed by atoms with Crippen LogP contribution in [0.2, 0.25) is 0 Å². The van der Waals surface area contributed by atoms with E-state index in [4.69, 9.17) is 0 Å². The molecule has 18 heavy (non-hydrogen) atoms. The summed E-state index contributed by atoms with van der Waals surface area (Å²) in [7, 11) is 2.04. The third kappa shape index (κ3) is 3.27. The van der Waals surface area contributed by atoms with Gasteiger partial charge in [0, 0.05) is 11.8 Å². The highest BCUT2D eigenvalue weighted by molar-refractivity contribution is 7.99. The summed E-state index contributed by atoms with van der Waals surface area (Å²) >= 11 is 2.00. The van der Waals surface area contributed by atoms with Gasteiger partial charge in [-0.25, -0.2) is 0 Å². The zero-order chi connectivity index (χ0) is 13.0. The van der Waals surface area contributed by atoms with E-state index in [1.165, 1.54) is 16.3 Å². The van der Waals surface area contributed by atoms with Gasteiger partial charge in [0.1, 0.15) is 0 Å². The molecule has 2 rings (SSSR count). The lowest BCUT2D eigenvalue weighted by molar-refractivity contribution is 0.662. The molecule has 2 heteroatoms. The lowest BCUT2D eigenvalue weighted by atomic mass is 10.0. The predicted molar refractivity (Wildman–Crippen MR) is 83.3 cm³/mol. The van der Waals surface area contributed by atoms with Gasteiger partial charge in [0.2, 0.25) is 0 Å². The highest BCUT2D eigenvalue weighted by Crippen LogP contribution is 2.24. The average Bonchev–Trinajstić information content (AvgIpc) is 2.39. The van der Waals surface area contributed by atoms with Crippen LogP contribution < -0.4 is 5.32 Å². The molecule has 0 saturated heterocycles. The van der Waals surface area contributed by atoms with Gasteiger partial charge in [-0.1, -0.05) is 50.2 Å². The lowest BCUT2D eigenvalue weighted by Crippen LogP contribution is -2.19. The van der Waals surface area contributed by atoms with Gasteiger partial charge in [-0.2, -0.15) is 11.8 Å². The third-order valence-electron chi connectivity index (χ3n) is 3.12. The Balaban J connectivity index is 2.22. The zero-order valence-electron chi connectivity index (χ0n) is 11.3. The molecule has 0 aliphatic carbocycles. The van der Waals surface area contributed by atoms with Crippen LogP contribution in [0.5, 0.6) is 0 Å². The first kappa shape index (κ1) is 13.4. The highest BCUT2D eigenvalue weighted by atomic mass is 32.2. The van der Waals surface area contributed by atoms with Crippen LogP contribution in [0.4, 0.5) is 0 Å². The van der Waals surface area contributed by atoms with Crippen LogP contribution in [0, 0.1) is 0 Å². The molecule has 0 amide bonds. The first-order chi connectivity index (χ1) is 8.70. The van der Waals surface area contributed by atoms with Gasteiger partial charge in [-0.15, -0.1) is 0 Å². The van der Waals surface area contributed by atoms with Crippen LogP contribution in [0.15, 0.2) is 42.5 Å². The molecule has 0 saturated carbocycles. The fourth-order valence-electron chi connectivity index (χ4n) is 2.06. The van der Waals surface area contributed by atoms with Crippen molar-refractivity contribution in [3.8, 4) is 0 Å². The minimum atomic E-state index is 0.432. The minimum Gasteiger partial charge on any atom is -0.312 e. The number of nitrogens with one attached hydrogen (secondary N) is 1. The van der Waals surface area contributed by atoms with Gasteiger partial charge < -0.3 is 5.32 Å². The summed E-state index contributed by atoms with van der Waals surface area (Å²) in [5.41, 5.74) is 1.38. The molecule has 1 N–H and O–H groups in total. The summed E-state index contributed by atoms with van der Waals surface area (Å²) in [5.74, 6) is 1.12. The molecule has 0 heterocycles. The molecule has 0 fully saturated rings. The molecule has 0 aliphatic rings. The van der Waals surface area contributed by atoms with Crippen molar-refractivity contribution in [2.24, 2.45) is 0 Å². The molecule has 2 aromatic carbocycles. The maximum absolute atomic E-state index is 3.42. The summed E-state index contributed by atoms with van der Waals surface area (Å²) in [5, 5.41) is 6.74. The first-order valence-corrected chi connectivity index (χ1v) is 7.53. The van der Waals surface area contributed by atoms with E-state index in [2.05, 4.69) is 61.6 Å². The molecule has 0 bridgehead atoms. The van der Waals surface area contributed by atoms with Gasteiger partial charge in [-0.05, 0) is 34.7 Å². The molecule has 96 valence electrons. The van der Waals surface area contributed by atoms with Crippen molar-refractivity contribution in [3.63, 3.8) is 0 Å². The molecule has 1 atom stereocenters. The Morgan fingerprint density at radius 2 is 1.78 bits per heavy atom. The normalized spacial score (nSPS) is 13.1. The van der Waals surface area contributed by atoms with E-state index in [1.54, 1.807) is 0 Å². The van der Waals surface area contributed by atoms with Gasteiger partial charge in [-0.3, -0.25) is 0 Å². The van der Waals surface area contributed by atoms with Crippen LogP contribution in [-0.2, 0) is 0 Å². The average molecular weight is 259 g/mol. The third-order valence-corrected chi connectivity index (χ3v) is 4.31. The van der Waals surface area contributed by atoms with Gasteiger partial charge in [0.15, 0.2) is 0 Å². The maximum atomic E-state index is 3.42. The number of hydrogen-bond donors (Lipinski definition) is 1. The fourth-order valence-corrected chi connectivity index (χ4v) is 3.00. The second kappa shape index (κ2) is 6.26. The Labute approximate surface area is 114 Å². The minimum absolute atomic E-state index is 0.432. The van der Waals surface area contributed by atoms with Gasteiger partial charge >= 0.3 is 0 Å². The van der Waals surface area contributed by atoms with E-state index >= 15 is 0 Å². The molecule has 1 nitrogen and oxygen atoms in total. The zero-order valence-corrected chi connectivity index (χ0v) is 12.1. The van der Waals surface area contributed by atoms with Gasteiger partial charge in [0.25, 0.3) is 0 Å². The first-order valence-electron chi connectivity index (χ1n) is 6.48. The van der Waals surface area contributed by atoms with Crippen LogP contribution in [-0.4, -0.2) is 18.1 Å². The van der Waals surface area contributed by atoms with E-state index in [0.717, 1.165) is 5.75 Å². The topological polar surface area (TPSA) is 12.0 Å². The van der Waals surface area contributed by atoms with Crippen molar-refractivity contribution in [2.45, 2.75) is 25.1 Å². The summed E-state index contributed by atoms with van der Waals surface area (Å²) < 4.78 is 0. The van der Waals surface area contributed by atoms with Crippen LogP contribution in [0.25, 0.3) is 10.8 Å².